The van der Waals surface area contributed by atoms with Gasteiger partial charge in [0.15, 0.2) is 0 Å². The molecular weight excluding hydrogens is 336 g/mol. The summed E-state index contributed by atoms with van der Waals surface area (Å²) in [6, 6.07) is 7.80. The molecule has 0 bridgehead atoms. The second kappa shape index (κ2) is 7.46. The first kappa shape index (κ1) is 18.4. The summed E-state index contributed by atoms with van der Waals surface area (Å²) in [6.07, 6.45) is 4.47. The van der Waals surface area contributed by atoms with Gasteiger partial charge in [0.2, 0.25) is 15.9 Å². The summed E-state index contributed by atoms with van der Waals surface area (Å²) >= 11 is 0. The van der Waals surface area contributed by atoms with Crippen LogP contribution in [0, 0.1) is 5.92 Å². The Balaban J connectivity index is 1.61. The minimum Gasteiger partial charge on any atom is -0.351 e. The molecule has 1 amide bonds. The van der Waals surface area contributed by atoms with Gasteiger partial charge in [-0.25, -0.2) is 8.42 Å². The van der Waals surface area contributed by atoms with Crippen molar-refractivity contribution in [2.24, 2.45) is 5.92 Å². The van der Waals surface area contributed by atoms with E-state index in [0.29, 0.717) is 25.4 Å². The van der Waals surface area contributed by atoms with E-state index in [4.69, 9.17) is 0 Å². The number of benzene rings is 1. The summed E-state index contributed by atoms with van der Waals surface area (Å²) in [4.78, 5) is 12.6. The molecule has 1 N–H and O–H groups in total. The highest BCUT2D eigenvalue weighted by atomic mass is 32.2. The molecule has 2 aliphatic rings. The molecule has 1 aromatic rings. The summed E-state index contributed by atoms with van der Waals surface area (Å²) in [6.45, 7) is 4.66. The average Bonchev–Trinajstić information content (AvgIpc) is 2.84. The fourth-order valence-electron chi connectivity index (χ4n) is 3.68. The standard InChI is InChI=1S/C19H28N2O3S/c1-14(2)18(21-11-4-12-25(21,23)24)19(22)20-13-15-7-9-17(10-8-15)16-5-3-6-16/h7-10,14,16,18H,3-6,11-13H2,1-2H3,(H,20,22). The zero-order valence-corrected chi connectivity index (χ0v) is 15.9. The lowest BCUT2D eigenvalue weighted by atomic mass is 9.80. The van der Waals surface area contributed by atoms with E-state index in [-0.39, 0.29) is 17.6 Å². The van der Waals surface area contributed by atoms with E-state index in [2.05, 4.69) is 29.6 Å². The number of nitrogens with zero attached hydrogens (tertiary/aromatic N) is 1. The Morgan fingerprint density at radius 2 is 1.88 bits per heavy atom. The first-order valence-corrected chi connectivity index (χ1v) is 10.9. The van der Waals surface area contributed by atoms with Gasteiger partial charge in [0, 0.05) is 13.1 Å². The summed E-state index contributed by atoms with van der Waals surface area (Å²) in [5.74, 6) is 0.582. The number of nitrogens with one attached hydrogen (secondary N) is 1. The molecule has 1 aliphatic heterocycles. The number of sulfonamides is 1. The zero-order chi connectivity index (χ0) is 18.0. The van der Waals surface area contributed by atoms with Gasteiger partial charge in [-0.15, -0.1) is 0 Å². The van der Waals surface area contributed by atoms with Crippen molar-refractivity contribution in [1.29, 1.82) is 0 Å². The van der Waals surface area contributed by atoms with Crippen LogP contribution >= 0.6 is 0 Å². The molecule has 2 fully saturated rings. The van der Waals surface area contributed by atoms with Crippen LogP contribution in [0.25, 0.3) is 0 Å². The van der Waals surface area contributed by atoms with E-state index in [9.17, 15) is 13.2 Å². The summed E-state index contributed by atoms with van der Waals surface area (Å²) in [5.41, 5.74) is 2.42. The number of carbonyl (C=O) groups is 1. The van der Waals surface area contributed by atoms with Gasteiger partial charge in [-0.3, -0.25) is 4.79 Å². The smallest absolute Gasteiger partial charge is 0.238 e. The molecule has 1 aliphatic carbocycles. The minimum atomic E-state index is -3.30. The molecule has 6 heteroatoms. The lowest BCUT2D eigenvalue weighted by molar-refractivity contribution is -0.126. The Hall–Kier alpha value is -1.40. The molecule has 1 saturated heterocycles. The Morgan fingerprint density at radius 1 is 1.20 bits per heavy atom. The maximum absolute atomic E-state index is 12.6. The zero-order valence-electron chi connectivity index (χ0n) is 15.1. The van der Waals surface area contributed by atoms with Crippen molar-refractivity contribution in [2.75, 3.05) is 12.3 Å². The summed E-state index contributed by atoms with van der Waals surface area (Å²) in [5, 5.41) is 2.93. The molecule has 0 radical (unpaired) electrons. The topological polar surface area (TPSA) is 66.5 Å². The maximum atomic E-state index is 12.6. The molecule has 1 heterocycles. The first-order valence-electron chi connectivity index (χ1n) is 9.24. The Kier molecular flexibility index (Phi) is 5.49. The van der Waals surface area contributed by atoms with Gasteiger partial charge in [0.25, 0.3) is 0 Å². The molecule has 0 aromatic heterocycles. The van der Waals surface area contributed by atoms with Crippen molar-refractivity contribution < 1.29 is 13.2 Å². The number of amides is 1. The predicted molar refractivity (Wildman–Crippen MR) is 98.6 cm³/mol. The van der Waals surface area contributed by atoms with Gasteiger partial charge in [-0.1, -0.05) is 44.5 Å². The Morgan fingerprint density at radius 3 is 2.36 bits per heavy atom. The van der Waals surface area contributed by atoms with Crippen molar-refractivity contribution in [3.63, 3.8) is 0 Å². The average molecular weight is 365 g/mol. The van der Waals surface area contributed by atoms with Crippen LogP contribution in [-0.2, 0) is 21.4 Å². The van der Waals surface area contributed by atoms with E-state index in [1.807, 2.05) is 13.8 Å². The van der Waals surface area contributed by atoms with Crippen LogP contribution in [0.5, 0.6) is 0 Å². The second-order valence-corrected chi connectivity index (χ2v) is 9.60. The van der Waals surface area contributed by atoms with Gasteiger partial charge in [0.05, 0.1) is 5.75 Å². The number of rotatable bonds is 6. The third-order valence-electron chi connectivity index (χ3n) is 5.37. The molecule has 25 heavy (non-hydrogen) atoms. The van der Waals surface area contributed by atoms with Gasteiger partial charge in [0.1, 0.15) is 6.04 Å². The highest BCUT2D eigenvalue weighted by Crippen LogP contribution is 2.36. The Bertz CT molecular complexity index is 709. The largest absolute Gasteiger partial charge is 0.351 e. The molecule has 1 aromatic carbocycles. The third kappa shape index (κ3) is 4.06. The number of hydrogen-bond acceptors (Lipinski definition) is 3. The van der Waals surface area contributed by atoms with Crippen molar-refractivity contribution in [1.82, 2.24) is 9.62 Å². The molecule has 3 rings (SSSR count). The fraction of sp³-hybridized carbons (Fsp3) is 0.632. The first-order chi connectivity index (χ1) is 11.9. The highest BCUT2D eigenvalue weighted by Gasteiger charge is 2.39. The molecule has 138 valence electrons. The number of carbonyl (C=O) groups excluding carboxylic acids is 1. The van der Waals surface area contributed by atoms with Crippen molar-refractivity contribution in [3.05, 3.63) is 35.4 Å². The third-order valence-corrected chi connectivity index (χ3v) is 7.30. The normalized spacial score (nSPS) is 21.9. The van der Waals surface area contributed by atoms with Crippen LogP contribution in [0.1, 0.15) is 56.6 Å². The molecule has 1 atom stereocenters. The van der Waals surface area contributed by atoms with E-state index >= 15 is 0 Å². The fourth-order valence-corrected chi connectivity index (χ4v) is 5.50. The van der Waals surface area contributed by atoms with Gasteiger partial charge in [-0.05, 0) is 42.2 Å². The van der Waals surface area contributed by atoms with Gasteiger partial charge < -0.3 is 5.32 Å². The van der Waals surface area contributed by atoms with Crippen molar-refractivity contribution in [3.8, 4) is 0 Å². The van der Waals surface area contributed by atoms with Crippen LogP contribution in [0.4, 0.5) is 0 Å². The van der Waals surface area contributed by atoms with Crippen LogP contribution in [0.2, 0.25) is 0 Å². The van der Waals surface area contributed by atoms with Crippen LogP contribution < -0.4 is 5.32 Å². The van der Waals surface area contributed by atoms with E-state index in [0.717, 1.165) is 5.56 Å². The monoisotopic (exact) mass is 364 g/mol. The van der Waals surface area contributed by atoms with Crippen LogP contribution in [0.3, 0.4) is 0 Å². The maximum Gasteiger partial charge on any atom is 0.238 e. The van der Waals surface area contributed by atoms with E-state index in [1.165, 1.54) is 29.1 Å². The minimum absolute atomic E-state index is 0.0612. The number of hydrogen-bond donors (Lipinski definition) is 1. The predicted octanol–water partition coefficient (Wildman–Crippen LogP) is 2.63. The summed E-state index contributed by atoms with van der Waals surface area (Å²) < 4.78 is 25.7. The van der Waals surface area contributed by atoms with Crippen LogP contribution in [-0.4, -0.2) is 37.0 Å². The van der Waals surface area contributed by atoms with Crippen molar-refractivity contribution >= 4 is 15.9 Å². The molecule has 1 unspecified atom stereocenters. The van der Waals surface area contributed by atoms with Crippen molar-refractivity contribution in [2.45, 2.75) is 58.0 Å². The molecule has 1 saturated carbocycles. The second-order valence-electron chi connectivity index (χ2n) is 7.56. The van der Waals surface area contributed by atoms with Gasteiger partial charge in [-0.2, -0.15) is 4.31 Å². The lowest BCUT2D eigenvalue weighted by Crippen LogP contribution is -2.50. The molecule has 5 nitrogen and oxygen atoms in total. The summed E-state index contributed by atoms with van der Waals surface area (Å²) in [7, 11) is -3.30. The van der Waals surface area contributed by atoms with E-state index in [1.54, 1.807) is 0 Å². The van der Waals surface area contributed by atoms with Crippen LogP contribution in [0.15, 0.2) is 24.3 Å². The van der Waals surface area contributed by atoms with E-state index < -0.39 is 16.1 Å². The SMILES string of the molecule is CC(C)C(C(=O)NCc1ccc(C2CCC2)cc1)N1CCCS1(=O)=O. The Labute approximate surface area is 150 Å². The quantitative estimate of drug-likeness (QED) is 0.844. The highest BCUT2D eigenvalue weighted by molar-refractivity contribution is 7.89. The van der Waals surface area contributed by atoms with Gasteiger partial charge >= 0.3 is 0 Å². The molecule has 0 spiro atoms. The molecular formula is C19H28N2O3S. The lowest BCUT2D eigenvalue weighted by Gasteiger charge is -2.28.